The van der Waals surface area contributed by atoms with Crippen molar-refractivity contribution < 1.29 is 59.8 Å². The van der Waals surface area contributed by atoms with Gasteiger partial charge in [0.25, 0.3) is 0 Å². The van der Waals surface area contributed by atoms with Crippen LogP contribution in [0.3, 0.4) is 0 Å². The van der Waals surface area contributed by atoms with Gasteiger partial charge in [0, 0.05) is 13.2 Å². The van der Waals surface area contributed by atoms with Gasteiger partial charge < -0.3 is 59.8 Å². The van der Waals surface area contributed by atoms with E-state index in [1.54, 1.807) is 0 Å². The van der Waals surface area contributed by atoms with Crippen molar-refractivity contribution >= 4 is 0 Å². The lowest BCUT2D eigenvalue weighted by Gasteiger charge is -2.43. The molecule has 2 saturated heterocycles. The molecule has 0 bridgehead atoms. The Labute approximate surface area is 289 Å². The first-order chi connectivity index (χ1) is 23.2. The normalized spacial score (nSPS) is 30.4. The molecule has 0 saturated carbocycles. The van der Waals surface area contributed by atoms with Crippen LogP contribution in [0.4, 0.5) is 0 Å². The number of ether oxygens (including phenoxy) is 4. The minimum absolute atomic E-state index is 0.669. The Hall–Kier alpha value is -0.480. The molecule has 0 aliphatic carbocycles. The van der Waals surface area contributed by atoms with Gasteiger partial charge in [-0.1, -0.05) is 129 Å². The van der Waals surface area contributed by atoms with Crippen LogP contribution in [0.5, 0.6) is 0 Å². The van der Waals surface area contributed by atoms with E-state index in [-0.39, 0.29) is 0 Å². The maximum absolute atomic E-state index is 10.00. The molecule has 2 rings (SSSR count). The molecule has 12 heteroatoms. The Morgan fingerprint density at radius 1 is 0.500 bits per heavy atom. The number of rotatable bonds is 27. The zero-order valence-electron chi connectivity index (χ0n) is 30.0. The molecule has 48 heavy (non-hydrogen) atoms. The second-order valence-electron chi connectivity index (χ2n) is 13.5. The minimum atomic E-state index is -2.22. The van der Waals surface area contributed by atoms with Gasteiger partial charge in [-0.15, -0.1) is 0 Å². The molecule has 0 unspecified atom stereocenters. The fourth-order valence-corrected chi connectivity index (χ4v) is 6.12. The number of aliphatic hydroxyl groups excluding tert-OH is 8. The smallest absolute Gasteiger partial charge is 0.224 e. The largest absolute Gasteiger partial charge is 0.394 e. The molecule has 0 aromatic heterocycles. The number of aliphatic hydroxyl groups is 8. The zero-order chi connectivity index (χ0) is 35.6. The lowest BCUT2D eigenvalue weighted by Crippen LogP contribution is -2.62. The van der Waals surface area contributed by atoms with E-state index >= 15 is 0 Å². The predicted molar refractivity (Wildman–Crippen MR) is 183 cm³/mol. The molecule has 0 aromatic carbocycles. The highest BCUT2D eigenvalue weighted by Crippen LogP contribution is 2.36. The van der Waals surface area contributed by atoms with Gasteiger partial charge in [-0.25, -0.2) is 0 Å². The van der Waals surface area contributed by atoms with Crippen molar-refractivity contribution in [3.8, 4) is 0 Å². The highest BCUT2D eigenvalue weighted by atomic mass is 16.8. The fraction of sp³-hybridized carbons (Fsp3) is 1.00. The van der Waals surface area contributed by atoms with Crippen molar-refractivity contribution in [2.75, 3.05) is 33.0 Å². The van der Waals surface area contributed by atoms with Gasteiger partial charge in [0.05, 0.1) is 13.2 Å². The summed E-state index contributed by atoms with van der Waals surface area (Å²) in [6.07, 6.45) is 15.5. The summed E-state index contributed by atoms with van der Waals surface area (Å²) < 4.78 is 21.2. The first-order valence-electron chi connectivity index (χ1n) is 19.0. The van der Waals surface area contributed by atoms with Gasteiger partial charge >= 0.3 is 0 Å². The maximum atomic E-state index is 10.00. The van der Waals surface area contributed by atoms with E-state index in [0.717, 1.165) is 13.2 Å². The van der Waals surface area contributed by atoms with Crippen LogP contribution in [0.15, 0.2) is 0 Å². The van der Waals surface area contributed by atoms with Crippen LogP contribution in [0.25, 0.3) is 0 Å². The first-order valence-corrected chi connectivity index (χ1v) is 19.0. The zero-order valence-corrected chi connectivity index (χ0v) is 30.0. The number of hydrogen-bond donors (Lipinski definition) is 8. The summed E-state index contributed by atoms with van der Waals surface area (Å²) in [4.78, 5) is 0. The van der Waals surface area contributed by atoms with E-state index in [2.05, 4.69) is 13.8 Å². The van der Waals surface area contributed by atoms with E-state index < -0.39 is 74.6 Å². The molecule has 0 amide bonds. The van der Waals surface area contributed by atoms with Crippen LogP contribution in [0, 0.1) is 0 Å². The molecule has 2 aliphatic rings. The molecule has 288 valence electrons. The highest BCUT2D eigenvalue weighted by Gasteiger charge is 2.58. The van der Waals surface area contributed by atoms with E-state index in [0.29, 0.717) is 0 Å². The molecular formula is C36H72O12. The number of hydrogen-bond acceptors (Lipinski definition) is 12. The molecule has 8 N–H and O–H groups in total. The molecule has 0 spiro atoms. The molecule has 0 aromatic rings. The maximum Gasteiger partial charge on any atom is 0.224 e. The molecule has 12 nitrogen and oxygen atoms in total. The van der Waals surface area contributed by atoms with Gasteiger partial charge in [0.15, 0.2) is 6.29 Å². The summed E-state index contributed by atoms with van der Waals surface area (Å²) in [6.45, 7) is 4.25. The highest BCUT2D eigenvalue weighted by molar-refractivity contribution is 4.98. The average Bonchev–Trinajstić information content (AvgIpc) is 3.34. The summed E-state index contributed by atoms with van der Waals surface area (Å²) >= 11 is 0. The van der Waals surface area contributed by atoms with Gasteiger partial charge in [-0.05, 0) is 12.8 Å². The molecule has 2 heterocycles. The van der Waals surface area contributed by atoms with Crippen molar-refractivity contribution in [2.45, 2.75) is 197 Å². The van der Waals surface area contributed by atoms with Crippen molar-refractivity contribution in [1.29, 1.82) is 0 Å². The van der Waals surface area contributed by atoms with Gasteiger partial charge in [-0.2, -0.15) is 0 Å². The molecule has 0 radical (unpaired) electrons. The fourth-order valence-electron chi connectivity index (χ4n) is 6.12. The standard InChI is InChI=1S/C24H50O.C12H22O11/c1-3-5-7-9-11-13-15-17-19-21-23-25-24-22-20-18-16-14-12-10-8-6-4-2;13-1-4-6(16)8(18)9(19)11(21-4)23-12(3-15)10(20)7(17)5(2-14)22-12/h3-24H2,1-2H3;4-11,13-20H,1-3H2/t;4-,5-,6-,7-,8+,9-,10+,11-,12+/m.1/s1. The predicted octanol–water partition coefficient (Wildman–Crippen LogP) is 3.45. The Bertz CT molecular complexity index is 709. The quantitative estimate of drug-likeness (QED) is 0.0583. The Kier molecular flexibility index (Phi) is 26.7. The Balaban J connectivity index is 0.000000481. The van der Waals surface area contributed by atoms with Crippen molar-refractivity contribution in [3.05, 3.63) is 0 Å². The van der Waals surface area contributed by atoms with Gasteiger partial charge in [0.2, 0.25) is 5.79 Å². The van der Waals surface area contributed by atoms with Crippen LogP contribution in [-0.4, -0.2) is 129 Å². The van der Waals surface area contributed by atoms with Crippen molar-refractivity contribution in [3.63, 3.8) is 0 Å². The third kappa shape index (κ3) is 17.2. The SMILES string of the molecule is CCCCCCCCCCCCOCCCCCCCCCCCC.OC[C@H]1O[C@@](CO)(O[C@H]2O[C@H](CO)[C@@H](O)[C@H](O)[C@H]2O)[C@@H](O)[C@@H]1O. The second kappa shape index (κ2) is 28.1. The van der Waals surface area contributed by atoms with Crippen LogP contribution in [-0.2, 0) is 18.9 Å². The summed E-state index contributed by atoms with van der Waals surface area (Å²) in [6, 6.07) is 0. The van der Waals surface area contributed by atoms with E-state index in [1.807, 2.05) is 0 Å². The molecule has 9 atom stereocenters. The minimum Gasteiger partial charge on any atom is -0.394 e. The summed E-state index contributed by atoms with van der Waals surface area (Å²) in [5, 5.41) is 76.7. The summed E-state index contributed by atoms with van der Waals surface area (Å²) in [7, 11) is 0. The van der Waals surface area contributed by atoms with Crippen LogP contribution < -0.4 is 0 Å². The van der Waals surface area contributed by atoms with Gasteiger partial charge in [0.1, 0.15) is 49.3 Å². The second-order valence-corrected chi connectivity index (χ2v) is 13.5. The van der Waals surface area contributed by atoms with Crippen molar-refractivity contribution in [1.82, 2.24) is 0 Å². The summed E-state index contributed by atoms with van der Waals surface area (Å²) in [5.41, 5.74) is 0. The summed E-state index contributed by atoms with van der Waals surface area (Å²) in [5.74, 6) is -2.22. The molecular weight excluding hydrogens is 624 g/mol. The average molecular weight is 697 g/mol. The van der Waals surface area contributed by atoms with Crippen molar-refractivity contribution in [2.24, 2.45) is 0 Å². The molecule has 2 fully saturated rings. The Morgan fingerprint density at radius 3 is 1.29 bits per heavy atom. The third-order valence-electron chi connectivity index (χ3n) is 9.35. The van der Waals surface area contributed by atoms with E-state index in [4.69, 9.17) is 29.2 Å². The lowest BCUT2D eigenvalue weighted by atomic mass is 9.99. The van der Waals surface area contributed by atoms with Crippen LogP contribution in [0.2, 0.25) is 0 Å². The lowest BCUT2D eigenvalue weighted by molar-refractivity contribution is -0.383. The topological polar surface area (TPSA) is 199 Å². The van der Waals surface area contributed by atoms with Crippen LogP contribution >= 0.6 is 0 Å². The van der Waals surface area contributed by atoms with Gasteiger partial charge in [-0.3, -0.25) is 0 Å². The van der Waals surface area contributed by atoms with Crippen LogP contribution in [0.1, 0.15) is 142 Å². The molecule has 2 aliphatic heterocycles. The Morgan fingerprint density at radius 2 is 0.917 bits per heavy atom. The third-order valence-corrected chi connectivity index (χ3v) is 9.35. The van der Waals surface area contributed by atoms with E-state index in [1.165, 1.54) is 128 Å². The number of unbranched alkanes of at least 4 members (excludes halogenated alkanes) is 18. The monoisotopic (exact) mass is 697 g/mol. The van der Waals surface area contributed by atoms with E-state index in [9.17, 15) is 30.6 Å². The first kappa shape index (κ1) is 45.5.